The summed E-state index contributed by atoms with van der Waals surface area (Å²) in [7, 11) is 0. The van der Waals surface area contributed by atoms with Crippen molar-refractivity contribution in [1.82, 2.24) is 0 Å². The first-order valence-corrected chi connectivity index (χ1v) is 0. The first-order valence-electron chi connectivity index (χ1n) is 0. The molecule has 0 amide bonds. The van der Waals surface area contributed by atoms with Crippen molar-refractivity contribution in [2.24, 2.45) is 0 Å². The number of halogens is 5. The average molecular weight is 271 g/mol. The molecule has 0 atom stereocenters. The van der Waals surface area contributed by atoms with Crippen molar-refractivity contribution in [1.29, 1.82) is 0 Å². The summed E-state index contributed by atoms with van der Waals surface area (Å²) in [6, 6.07) is 0. The number of rotatable bonds is 0. The first kappa shape index (κ1) is 135. The molecule has 0 heterocycles. The molecule has 0 aromatic heterocycles. The van der Waals surface area contributed by atoms with Crippen LogP contribution < -0.4 is 0 Å². The normalized spacial score (nSPS) is 0. The van der Waals surface area contributed by atoms with Crippen molar-refractivity contribution in [2.45, 2.75) is 0 Å². The van der Waals surface area contributed by atoms with Crippen molar-refractivity contribution in [2.75, 3.05) is 0 Å². The van der Waals surface area contributed by atoms with E-state index < -0.39 is 0 Å². The van der Waals surface area contributed by atoms with Gasteiger partial charge in [0, 0.05) is 24.4 Å². The van der Waals surface area contributed by atoms with E-state index in [1.807, 2.05) is 0 Å². The zero-order chi connectivity index (χ0) is 0. The molecule has 0 saturated heterocycles. The van der Waals surface area contributed by atoms with Gasteiger partial charge in [0.2, 0.25) is 0 Å². The second kappa shape index (κ2) is 84.1. The van der Waals surface area contributed by atoms with Crippen LogP contribution in [0, 0.1) is 0 Å². The Morgan fingerprint density at radius 3 is 0.500 bits per heavy atom. The second-order valence-electron chi connectivity index (χ2n) is 0. The molecule has 0 saturated carbocycles. The fourth-order valence-electron chi connectivity index (χ4n) is 0. The monoisotopic (exact) mass is 269 g/mol. The minimum absolute atomic E-state index is 0. The molecule has 0 N–H and O–H groups in total. The zero-order valence-corrected chi connectivity index (χ0v) is 7.49. The van der Waals surface area contributed by atoms with Gasteiger partial charge in [-0.1, -0.05) is 0 Å². The van der Waals surface area contributed by atoms with Crippen molar-refractivity contribution in [3.63, 3.8) is 0 Å². The van der Waals surface area contributed by atoms with Crippen LogP contribution in [-0.4, -0.2) is 24.4 Å². The second-order valence-corrected chi connectivity index (χ2v) is 0. The molecule has 3 radical (unpaired) electrons. The minimum atomic E-state index is 0. The van der Waals surface area contributed by atoms with Gasteiger partial charge in [0.05, 0.1) is 0 Å². The fourth-order valence-corrected chi connectivity index (χ4v) is 0. The van der Waals surface area contributed by atoms with E-state index in [9.17, 15) is 0 Å². The van der Waals surface area contributed by atoms with Gasteiger partial charge in [-0.25, -0.2) is 0 Å². The zero-order valence-electron chi connectivity index (χ0n) is 2.49. The molecule has 0 bridgehead atoms. The minimum Gasteiger partial charge on any atom is -0.269 e. The smallest absolute Gasteiger partial charge is 0 e. The van der Waals surface area contributed by atoms with Crippen molar-refractivity contribution < 1.29 is 9.41 Å². The molecule has 0 aromatic carbocycles. The van der Waals surface area contributed by atoms with Crippen molar-refractivity contribution in [3.8, 4) is 0 Å². The predicted octanol–water partition coefficient (Wildman–Crippen LogP) is 1.19. The van der Waals surface area contributed by atoms with E-state index in [-0.39, 0.29) is 71.1 Å². The molecule has 0 rings (SSSR count). The van der Waals surface area contributed by atoms with E-state index in [4.69, 9.17) is 0 Å². The molecule has 0 spiro atoms. The summed E-state index contributed by atoms with van der Waals surface area (Å²) >= 11 is 0. The summed E-state index contributed by atoms with van der Waals surface area (Å²) in [5.74, 6) is 0. The van der Waals surface area contributed by atoms with E-state index in [0.29, 0.717) is 0 Å². The topological polar surface area (TPSA) is 0 Å². The van der Waals surface area contributed by atoms with Crippen LogP contribution in [-0.2, 0) is 0 Å². The van der Waals surface area contributed by atoms with Gasteiger partial charge in [0.25, 0.3) is 0 Å². The Labute approximate surface area is 70.9 Å². The Morgan fingerprint density at radius 1 is 0.500 bits per heavy atom. The SMILES string of the molecule is Cl.Cl.Cl.F.F.[Sb]. The Kier molecular flexibility index (Phi) is 1890. The molecule has 6 heavy (non-hydrogen) atoms. The first-order chi connectivity index (χ1) is 0. The van der Waals surface area contributed by atoms with Gasteiger partial charge in [-0.15, -0.1) is 37.2 Å². The predicted molar refractivity (Wildman–Crippen MR) is 32.5 cm³/mol. The van der Waals surface area contributed by atoms with E-state index in [0.717, 1.165) is 0 Å². The molecule has 0 aromatic rings. The van der Waals surface area contributed by atoms with Crippen molar-refractivity contribution >= 4 is 61.6 Å². The van der Waals surface area contributed by atoms with Crippen LogP contribution in [0.25, 0.3) is 0 Å². The summed E-state index contributed by atoms with van der Waals surface area (Å²) in [5.41, 5.74) is 0. The molecule has 0 aliphatic carbocycles. The summed E-state index contributed by atoms with van der Waals surface area (Å²) in [5, 5.41) is 0. The van der Waals surface area contributed by atoms with Crippen LogP contribution in [0.1, 0.15) is 0 Å². The van der Waals surface area contributed by atoms with Crippen LogP contribution >= 0.6 is 37.2 Å². The molecule has 0 fully saturated rings. The maximum Gasteiger partial charge on any atom is 0 e. The van der Waals surface area contributed by atoms with Gasteiger partial charge in [-0.3, -0.25) is 9.41 Å². The van der Waals surface area contributed by atoms with Gasteiger partial charge in [0.1, 0.15) is 0 Å². The molecular formula is H5Cl3F2Sb. The molecular weight excluding hydrogens is 266 g/mol. The molecule has 45 valence electrons. The van der Waals surface area contributed by atoms with Crippen LogP contribution in [0.5, 0.6) is 0 Å². The maximum atomic E-state index is 0. The maximum absolute atomic E-state index is 0. The third-order valence-corrected chi connectivity index (χ3v) is 0. The summed E-state index contributed by atoms with van der Waals surface area (Å²) < 4.78 is 0. The number of hydrogen-bond donors (Lipinski definition) is 0. The summed E-state index contributed by atoms with van der Waals surface area (Å²) in [6.45, 7) is 0. The van der Waals surface area contributed by atoms with Gasteiger partial charge in [0.15, 0.2) is 0 Å². The van der Waals surface area contributed by atoms with Crippen molar-refractivity contribution in [3.05, 3.63) is 0 Å². The number of hydrogen-bond acceptors (Lipinski definition) is 0. The van der Waals surface area contributed by atoms with Crippen LogP contribution in [0.4, 0.5) is 9.41 Å². The summed E-state index contributed by atoms with van der Waals surface area (Å²) in [6.07, 6.45) is 0. The van der Waals surface area contributed by atoms with E-state index in [1.54, 1.807) is 0 Å². The Bertz CT molecular complexity index is 8.75. The van der Waals surface area contributed by atoms with Gasteiger partial charge in [-0.2, -0.15) is 0 Å². The Hall–Kier alpha value is 1.55. The average Bonchev–Trinajstić information content (AvgIpc) is 0. The summed E-state index contributed by atoms with van der Waals surface area (Å²) in [4.78, 5) is 0. The van der Waals surface area contributed by atoms with Crippen LogP contribution in [0.2, 0.25) is 0 Å². The van der Waals surface area contributed by atoms with Gasteiger partial charge in [-0.05, 0) is 0 Å². The largest absolute Gasteiger partial charge is 0.269 e. The van der Waals surface area contributed by atoms with E-state index >= 15 is 0 Å². The molecule has 0 unspecified atom stereocenters. The third kappa shape index (κ3) is 47.9. The fraction of sp³-hybridized carbons (Fsp3) is 0. The molecule has 0 aliphatic heterocycles. The molecule has 0 aliphatic rings. The molecule has 0 nitrogen and oxygen atoms in total. The van der Waals surface area contributed by atoms with Crippen LogP contribution in [0.3, 0.4) is 0 Å². The van der Waals surface area contributed by atoms with E-state index in [2.05, 4.69) is 0 Å². The van der Waals surface area contributed by atoms with Crippen LogP contribution in [0.15, 0.2) is 0 Å². The van der Waals surface area contributed by atoms with E-state index in [1.165, 1.54) is 0 Å². The Morgan fingerprint density at radius 2 is 0.500 bits per heavy atom. The third-order valence-electron chi connectivity index (χ3n) is 0. The van der Waals surface area contributed by atoms with Gasteiger partial charge >= 0.3 is 0 Å². The quantitative estimate of drug-likeness (QED) is 0.581. The standard InChI is InChI=1S/3ClH.2FH.Sb/h5*1H;. The molecule has 6 heteroatoms. The Balaban J connectivity index is 0. The van der Waals surface area contributed by atoms with Gasteiger partial charge < -0.3 is 0 Å².